The van der Waals surface area contributed by atoms with Crippen LogP contribution in [0.1, 0.15) is 13.8 Å². The van der Waals surface area contributed by atoms with E-state index in [1.54, 1.807) is 18.2 Å². The zero-order valence-electron chi connectivity index (χ0n) is 12.4. The van der Waals surface area contributed by atoms with Crippen LogP contribution in [0, 0.1) is 5.92 Å². The lowest BCUT2D eigenvalue weighted by Gasteiger charge is -2.14. The second-order valence-corrected chi connectivity index (χ2v) is 6.06. The molecule has 1 atom stereocenters. The van der Waals surface area contributed by atoms with Gasteiger partial charge in [0.2, 0.25) is 0 Å². The average molecular weight is 336 g/mol. The van der Waals surface area contributed by atoms with Gasteiger partial charge < -0.3 is 19.9 Å². The lowest BCUT2D eigenvalue weighted by Crippen LogP contribution is -2.33. The molecule has 0 radical (unpaired) electrons. The van der Waals surface area contributed by atoms with Crippen molar-refractivity contribution in [2.75, 3.05) is 32.9 Å². The van der Waals surface area contributed by atoms with Crippen LogP contribution < -0.4 is 10.1 Å². The van der Waals surface area contributed by atoms with E-state index in [9.17, 15) is 5.11 Å². The summed E-state index contributed by atoms with van der Waals surface area (Å²) < 4.78 is 10.9. The Morgan fingerprint density at radius 3 is 2.71 bits per heavy atom. The van der Waals surface area contributed by atoms with Crippen molar-refractivity contribution in [3.8, 4) is 5.75 Å². The highest BCUT2D eigenvalue weighted by molar-refractivity contribution is 6.34. The molecule has 6 heteroatoms. The fourth-order valence-electron chi connectivity index (χ4n) is 1.56. The van der Waals surface area contributed by atoms with Crippen LogP contribution in [0.5, 0.6) is 5.75 Å². The van der Waals surface area contributed by atoms with E-state index in [-0.39, 0.29) is 6.61 Å². The minimum absolute atomic E-state index is 0.153. The van der Waals surface area contributed by atoms with E-state index in [4.69, 9.17) is 32.7 Å². The van der Waals surface area contributed by atoms with Crippen molar-refractivity contribution in [3.05, 3.63) is 28.2 Å². The molecule has 2 N–H and O–H groups in total. The Labute approximate surface area is 136 Å². The zero-order valence-corrected chi connectivity index (χ0v) is 14.0. The molecule has 0 bridgehead atoms. The molecular weight excluding hydrogens is 313 g/mol. The number of rotatable bonds is 10. The van der Waals surface area contributed by atoms with Gasteiger partial charge in [-0.15, -0.1) is 0 Å². The van der Waals surface area contributed by atoms with Gasteiger partial charge in [-0.3, -0.25) is 0 Å². The second-order valence-electron chi connectivity index (χ2n) is 5.21. The van der Waals surface area contributed by atoms with Gasteiger partial charge in [-0.25, -0.2) is 0 Å². The molecule has 1 aromatic carbocycles. The minimum Gasteiger partial charge on any atom is -0.489 e. The highest BCUT2D eigenvalue weighted by Crippen LogP contribution is 2.27. The van der Waals surface area contributed by atoms with Crippen LogP contribution in [-0.2, 0) is 4.74 Å². The zero-order chi connectivity index (χ0) is 15.7. The first-order valence-corrected chi connectivity index (χ1v) is 7.79. The Bertz CT molecular complexity index is 416. The van der Waals surface area contributed by atoms with Crippen molar-refractivity contribution in [1.29, 1.82) is 0 Å². The molecule has 0 aliphatic carbocycles. The van der Waals surface area contributed by atoms with E-state index in [1.807, 2.05) is 0 Å². The summed E-state index contributed by atoms with van der Waals surface area (Å²) in [6, 6.07) is 4.98. The molecule has 21 heavy (non-hydrogen) atoms. The topological polar surface area (TPSA) is 50.7 Å². The fraction of sp³-hybridized carbons (Fsp3) is 0.600. The van der Waals surface area contributed by atoms with Gasteiger partial charge >= 0.3 is 0 Å². The van der Waals surface area contributed by atoms with E-state index < -0.39 is 6.10 Å². The Morgan fingerprint density at radius 2 is 2.00 bits per heavy atom. The van der Waals surface area contributed by atoms with Gasteiger partial charge in [0, 0.05) is 30.8 Å². The van der Waals surface area contributed by atoms with E-state index in [0.29, 0.717) is 41.4 Å². The Kier molecular flexibility index (Phi) is 9.04. The highest BCUT2D eigenvalue weighted by Gasteiger charge is 2.07. The van der Waals surface area contributed by atoms with Crippen LogP contribution >= 0.6 is 23.2 Å². The van der Waals surface area contributed by atoms with Crippen molar-refractivity contribution >= 4 is 23.2 Å². The quantitative estimate of drug-likeness (QED) is 0.645. The van der Waals surface area contributed by atoms with Crippen LogP contribution in [-0.4, -0.2) is 44.1 Å². The van der Waals surface area contributed by atoms with E-state index in [1.165, 1.54) is 0 Å². The first-order valence-electron chi connectivity index (χ1n) is 7.03. The summed E-state index contributed by atoms with van der Waals surface area (Å²) in [5.41, 5.74) is 0. The largest absolute Gasteiger partial charge is 0.489 e. The lowest BCUT2D eigenvalue weighted by molar-refractivity contribution is 0.0925. The molecule has 120 valence electrons. The van der Waals surface area contributed by atoms with Crippen molar-refractivity contribution in [2.24, 2.45) is 5.92 Å². The lowest BCUT2D eigenvalue weighted by atomic mass is 10.2. The number of aliphatic hydroxyl groups is 1. The summed E-state index contributed by atoms with van der Waals surface area (Å²) in [5, 5.41) is 13.9. The third-order valence-electron chi connectivity index (χ3n) is 2.58. The molecule has 0 fully saturated rings. The molecule has 0 saturated heterocycles. The Morgan fingerprint density at radius 1 is 1.24 bits per heavy atom. The number of aliphatic hydroxyl groups excluding tert-OH is 1. The predicted molar refractivity (Wildman–Crippen MR) is 86.5 cm³/mol. The van der Waals surface area contributed by atoms with Gasteiger partial charge in [-0.05, 0) is 18.1 Å². The summed E-state index contributed by atoms with van der Waals surface area (Å²) in [6.07, 6.45) is -0.620. The standard InChI is InChI=1S/C15H23Cl2NO3/c1-11(2)9-20-6-5-18-8-13(19)10-21-15-7-12(16)3-4-14(15)17/h3-4,7,11,13,18-19H,5-6,8-10H2,1-2H3. The maximum absolute atomic E-state index is 9.81. The number of hydrogen-bond acceptors (Lipinski definition) is 4. The second kappa shape index (κ2) is 10.2. The summed E-state index contributed by atoms with van der Waals surface area (Å²) in [5.74, 6) is 1.01. The third kappa shape index (κ3) is 8.49. The number of benzene rings is 1. The molecule has 1 rings (SSSR count). The summed E-state index contributed by atoms with van der Waals surface area (Å²) in [6.45, 7) is 6.88. The number of hydrogen-bond donors (Lipinski definition) is 2. The van der Waals surface area contributed by atoms with E-state index >= 15 is 0 Å². The molecule has 0 heterocycles. The van der Waals surface area contributed by atoms with Gasteiger partial charge in [0.05, 0.1) is 11.6 Å². The fourth-order valence-corrected chi connectivity index (χ4v) is 1.90. The molecule has 1 unspecified atom stereocenters. The van der Waals surface area contributed by atoms with Gasteiger partial charge in [-0.2, -0.15) is 0 Å². The number of ether oxygens (including phenoxy) is 2. The summed E-state index contributed by atoms with van der Waals surface area (Å²) >= 11 is 11.8. The molecule has 1 aromatic rings. The van der Waals surface area contributed by atoms with Crippen molar-refractivity contribution < 1.29 is 14.6 Å². The molecule has 4 nitrogen and oxygen atoms in total. The molecule has 0 aromatic heterocycles. The van der Waals surface area contributed by atoms with Crippen LogP contribution in [0.4, 0.5) is 0 Å². The summed E-state index contributed by atoms with van der Waals surface area (Å²) in [7, 11) is 0. The van der Waals surface area contributed by atoms with Crippen LogP contribution in [0.15, 0.2) is 18.2 Å². The predicted octanol–water partition coefficient (Wildman–Crippen LogP) is 3.00. The molecule has 0 amide bonds. The van der Waals surface area contributed by atoms with Gasteiger partial charge in [0.15, 0.2) is 0 Å². The van der Waals surface area contributed by atoms with Gasteiger partial charge in [-0.1, -0.05) is 37.0 Å². The maximum atomic E-state index is 9.81. The third-order valence-corrected chi connectivity index (χ3v) is 3.13. The van der Waals surface area contributed by atoms with Crippen LogP contribution in [0.2, 0.25) is 10.0 Å². The monoisotopic (exact) mass is 335 g/mol. The van der Waals surface area contributed by atoms with Crippen LogP contribution in [0.3, 0.4) is 0 Å². The first-order chi connectivity index (χ1) is 9.99. The molecule has 0 aliphatic rings. The normalized spacial score (nSPS) is 12.7. The molecular formula is C15H23Cl2NO3. The maximum Gasteiger partial charge on any atom is 0.139 e. The van der Waals surface area contributed by atoms with Crippen molar-refractivity contribution in [3.63, 3.8) is 0 Å². The van der Waals surface area contributed by atoms with Gasteiger partial charge in [0.25, 0.3) is 0 Å². The SMILES string of the molecule is CC(C)COCCNCC(O)COc1cc(Cl)ccc1Cl. The van der Waals surface area contributed by atoms with Crippen molar-refractivity contribution in [2.45, 2.75) is 20.0 Å². The highest BCUT2D eigenvalue weighted by atomic mass is 35.5. The molecule has 0 saturated carbocycles. The van der Waals surface area contributed by atoms with Gasteiger partial charge in [0.1, 0.15) is 18.5 Å². The first kappa shape index (κ1) is 18.5. The Hall–Kier alpha value is -0.520. The van der Waals surface area contributed by atoms with Crippen molar-refractivity contribution in [1.82, 2.24) is 5.32 Å². The van der Waals surface area contributed by atoms with E-state index in [2.05, 4.69) is 19.2 Å². The molecule has 0 aliphatic heterocycles. The summed E-state index contributed by atoms with van der Waals surface area (Å²) in [4.78, 5) is 0. The van der Waals surface area contributed by atoms with Crippen LogP contribution in [0.25, 0.3) is 0 Å². The smallest absolute Gasteiger partial charge is 0.139 e. The molecule has 0 spiro atoms. The average Bonchev–Trinajstić information content (AvgIpc) is 2.43. The number of nitrogens with one attached hydrogen (secondary N) is 1. The van der Waals surface area contributed by atoms with E-state index in [0.717, 1.165) is 6.61 Å². The minimum atomic E-state index is -0.620. The number of halogens is 2. The Balaban J connectivity index is 2.13.